The fourth-order valence-corrected chi connectivity index (χ4v) is 3.03. The largest absolute Gasteiger partial charge is 0.508 e. The smallest absolute Gasteiger partial charge is 0.115 e. The summed E-state index contributed by atoms with van der Waals surface area (Å²) in [5.74, 6) is 0.316. The van der Waals surface area contributed by atoms with Crippen molar-refractivity contribution in [1.82, 2.24) is 4.90 Å². The summed E-state index contributed by atoms with van der Waals surface area (Å²) in [5.41, 5.74) is 1.12. The number of nitrogens with zero attached hydrogens (tertiary/aromatic N) is 1. The topological polar surface area (TPSA) is 52.9 Å². The van der Waals surface area contributed by atoms with Crippen molar-refractivity contribution in [3.05, 3.63) is 29.8 Å². The molecule has 0 bridgehead atoms. The van der Waals surface area contributed by atoms with E-state index in [1.165, 1.54) is 0 Å². The van der Waals surface area contributed by atoms with Crippen molar-refractivity contribution in [2.75, 3.05) is 19.8 Å². The fourth-order valence-electron chi connectivity index (χ4n) is 3.03. The molecule has 1 aromatic carbocycles. The minimum Gasteiger partial charge on any atom is -0.508 e. The average molecular weight is 293 g/mol. The Morgan fingerprint density at radius 1 is 1.24 bits per heavy atom. The molecule has 0 aromatic heterocycles. The Balaban J connectivity index is 1.97. The SMILES string of the molecule is CCOCCN(Cc1cccc(O)c1)C1CCC(O)CC1. The number of phenols is 1. The molecule has 1 aromatic rings. The van der Waals surface area contributed by atoms with E-state index in [0.717, 1.165) is 57.6 Å². The van der Waals surface area contributed by atoms with Gasteiger partial charge in [-0.1, -0.05) is 12.1 Å². The number of aromatic hydroxyl groups is 1. The van der Waals surface area contributed by atoms with Crippen molar-refractivity contribution in [2.24, 2.45) is 0 Å². The number of hydrogen-bond acceptors (Lipinski definition) is 4. The summed E-state index contributed by atoms with van der Waals surface area (Å²) in [4.78, 5) is 2.43. The van der Waals surface area contributed by atoms with Crippen LogP contribution in [0.4, 0.5) is 0 Å². The molecular weight excluding hydrogens is 266 g/mol. The first-order valence-corrected chi connectivity index (χ1v) is 7.96. The van der Waals surface area contributed by atoms with Crippen LogP contribution in [0, 0.1) is 0 Å². The Morgan fingerprint density at radius 3 is 2.67 bits per heavy atom. The molecule has 0 amide bonds. The molecule has 0 radical (unpaired) electrons. The quantitative estimate of drug-likeness (QED) is 0.759. The van der Waals surface area contributed by atoms with Crippen LogP contribution in [0.15, 0.2) is 24.3 Å². The normalized spacial score (nSPS) is 22.6. The molecule has 0 aliphatic heterocycles. The molecule has 4 nitrogen and oxygen atoms in total. The molecule has 0 heterocycles. The van der Waals surface area contributed by atoms with Gasteiger partial charge in [0, 0.05) is 25.7 Å². The van der Waals surface area contributed by atoms with Crippen LogP contribution in [0.2, 0.25) is 0 Å². The third kappa shape index (κ3) is 5.30. The van der Waals surface area contributed by atoms with E-state index < -0.39 is 0 Å². The Morgan fingerprint density at radius 2 is 2.00 bits per heavy atom. The molecule has 1 aliphatic rings. The zero-order valence-corrected chi connectivity index (χ0v) is 12.9. The summed E-state index contributed by atoms with van der Waals surface area (Å²) in [6.07, 6.45) is 3.71. The highest BCUT2D eigenvalue weighted by molar-refractivity contribution is 5.27. The highest BCUT2D eigenvalue weighted by Gasteiger charge is 2.24. The van der Waals surface area contributed by atoms with Gasteiger partial charge < -0.3 is 14.9 Å². The van der Waals surface area contributed by atoms with Gasteiger partial charge in [0.2, 0.25) is 0 Å². The molecule has 118 valence electrons. The summed E-state index contributed by atoms with van der Waals surface area (Å²) in [7, 11) is 0. The number of hydrogen-bond donors (Lipinski definition) is 2. The lowest BCUT2D eigenvalue weighted by atomic mass is 9.91. The highest BCUT2D eigenvalue weighted by Crippen LogP contribution is 2.25. The van der Waals surface area contributed by atoms with Gasteiger partial charge in [0.1, 0.15) is 5.75 Å². The van der Waals surface area contributed by atoms with Crippen LogP contribution in [0.25, 0.3) is 0 Å². The number of benzene rings is 1. The molecule has 21 heavy (non-hydrogen) atoms. The lowest BCUT2D eigenvalue weighted by molar-refractivity contribution is 0.0475. The zero-order chi connectivity index (χ0) is 15.1. The molecule has 4 heteroatoms. The summed E-state index contributed by atoms with van der Waals surface area (Å²) in [5, 5.41) is 19.3. The van der Waals surface area contributed by atoms with Crippen molar-refractivity contribution in [3.63, 3.8) is 0 Å². The Labute approximate surface area is 127 Å². The molecule has 1 saturated carbocycles. The van der Waals surface area contributed by atoms with E-state index in [1.54, 1.807) is 6.07 Å². The first kappa shape index (κ1) is 16.3. The van der Waals surface area contributed by atoms with E-state index in [2.05, 4.69) is 4.90 Å². The first-order chi connectivity index (χ1) is 10.2. The van der Waals surface area contributed by atoms with Crippen molar-refractivity contribution in [2.45, 2.75) is 51.3 Å². The van der Waals surface area contributed by atoms with E-state index in [0.29, 0.717) is 11.8 Å². The van der Waals surface area contributed by atoms with Gasteiger partial charge in [-0.2, -0.15) is 0 Å². The first-order valence-electron chi connectivity index (χ1n) is 7.96. The summed E-state index contributed by atoms with van der Waals surface area (Å²) in [6, 6.07) is 7.95. The number of ether oxygens (including phenoxy) is 1. The van der Waals surface area contributed by atoms with Crippen molar-refractivity contribution in [1.29, 1.82) is 0 Å². The van der Waals surface area contributed by atoms with Gasteiger partial charge in [-0.25, -0.2) is 0 Å². The molecule has 0 saturated heterocycles. The second-order valence-electron chi connectivity index (χ2n) is 5.80. The van der Waals surface area contributed by atoms with Gasteiger partial charge in [0.15, 0.2) is 0 Å². The molecule has 2 rings (SSSR count). The number of aliphatic hydroxyl groups is 1. The van der Waals surface area contributed by atoms with E-state index >= 15 is 0 Å². The minimum atomic E-state index is -0.129. The van der Waals surface area contributed by atoms with Crippen LogP contribution in [0.3, 0.4) is 0 Å². The van der Waals surface area contributed by atoms with Crippen LogP contribution < -0.4 is 0 Å². The predicted molar refractivity (Wildman–Crippen MR) is 83.3 cm³/mol. The lowest BCUT2D eigenvalue weighted by Gasteiger charge is -2.35. The standard InChI is InChI=1S/C17H27NO3/c1-2-21-11-10-18(15-6-8-16(19)9-7-15)13-14-4-3-5-17(20)12-14/h3-5,12,15-16,19-20H,2,6-11,13H2,1H3. The van der Waals surface area contributed by atoms with Gasteiger partial charge in [-0.3, -0.25) is 4.90 Å². The van der Waals surface area contributed by atoms with Crippen molar-refractivity contribution < 1.29 is 14.9 Å². The third-order valence-electron chi connectivity index (χ3n) is 4.21. The maximum atomic E-state index is 9.67. The summed E-state index contributed by atoms with van der Waals surface area (Å²) in [6.45, 7) is 5.20. The number of rotatable bonds is 7. The maximum absolute atomic E-state index is 9.67. The minimum absolute atomic E-state index is 0.129. The van der Waals surface area contributed by atoms with Crippen LogP contribution >= 0.6 is 0 Å². The molecule has 1 aliphatic carbocycles. The number of phenolic OH excluding ortho intramolecular Hbond substituents is 1. The molecule has 0 atom stereocenters. The molecule has 1 fully saturated rings. The molecule has 0 unspecified atom stereocenters. The van der Waals surface area contributed by atoms with Crippen LogP contribution in [-0.4, -0.2) is 47.0 Å². The zero-order valence-electron chi connectivity index (χ0n) is 12.9. The van der Waals surface area contributed by atoms with E-state index in [1.807, 2.05) is 25.1 Å². The second kappa shape index (κ2) is 8.37. The third-order valence-corrected chi connectivity index (χ3v) is 4.21. The van der Waals surface area contributed by atoms with Gasteiger partial charge in [-0.15, -0.1) is 0 Å². The Kier molecular flexibility index (Phi) is 6.49. The predicted octanol–water partition coefficient (Wildman–Crippen LogP) is 2.53. The van der Waals surface area contributed by atoms with Gasteiger partial charge in [-0.05, 0) is 50.3 Å². The fraction of sp³-hybridized carbons (Fsp3) is 0.647. The van der Waals surface area contributed by atoms with Gasteiger partial charge in [0.25, 0.3) is 0 Å². The van der Waals surface area contributed by atoms with Crippen molar-refractivity contribution >= 4 is 0 Å². The van der Waals surface area contributed by atoms with Crippen LogP contribution in [0.5, 0.6) is 5.75 Å². The maximum Gasteiger partial charge on any atom is 0.115 e. The molecular formula is C17H27NO3. The van der Waals surface area contributed by atoms with Crippen LogP contribution in [-0.2, 0) is 11.3 Å². The van der Waals surface area contributed by atoms with Crippen LogP contribution in [0.1, 0.15) is 38.2 Å². The lowest BCUT2D eigenvalue weighted by Crippen LogP contribution is -2.40. The average Bonchev–Trinajstić information content (AvgIpc) is 2.47. The van der Waals surface area contributed by atoms with Gasteiger partial charge in [0.05, 0.1) is 12.7 Å². The van der Waals surface area contributed by atoms with E-state index in [9.17, 15) is 10.2 Å². The van der Waals surface area contributed by atoms with Crippen molar-refractivity contribution in [3.8, 4) is 5.75 Å². The monoisotopic (exact) mass is 293 g/mol. The Hall–Kier alpha value is -1.10. The van der Waals surface area contributed by atoms with Gasteiger partial charge >= 0.3 is 0 Å². The number of aliphatic hydroxyl groups excluding tert-OH is 1. The molecule has 2 N–H and O–H groups in total. The second-order valence-corrected chi connectivity index (χ2v) is 5.80. The van der Waals surface area contributed by atoms with E-state index in [-0.39, 0.29) is 6.10 Å². The summed E-state index contributed by atoms with van der Waals surface area (Å²) >= 11 is 0. The summed E-state index contributed by atoms with van der Waals surface area (Å²) < 4.78 is 5.50. The molecule has 0 spiro atoms. The Bertz CT molecular complexity index is 416. The van der Waals surface area contributed by atoms with E-state index in [4.69, 9.17) is 4.74 Å². The highest BCUT2D eigenvalue weighted by atomic mass is 16.5.